The Bertz CT molecular complexity index is 7290. The number of benzene rings is 7. The first-order chi connectivity index (χ1) is 64.2. The van der Waals surface area contributed by atoms with Crippen molar-refractivity contribution >= 4 is 140 Å². The molecule has 0 fully saturated rings. The zero-order valence-electron chi connectivity index (χ0n) is 71.7. The molecule has 0 atom stereocenters. The number of rotatable bonds is 23. The minimum Gasteiger partial charge on any atom is -0.481 e. The molecule has 0 amide bonds. The van der Waals surface area contributed by atoms with Crippen LogP contribution in [-0.2, 0) is 6.54 Å². The fourth-order valence-electron chi connectivity index (χ4n) is 13.8. The SMILES string of the molecule is Brc1cn2ccnc2c(Nc2ccccc2)n1.CCN(CCO)c1ccc(Nc2nc(Br)cn3ccnc23)cc1.CCNc1nc(-c2ccc(N(C)C)cc2)cn2ccnc12.COc1ccc(Nc2nc(-c3ccccc3F)cn3ccnc23)cn1.NCc1cccc(-c2cn3ccnc3c(Nc3ccccc3)n2)c1.c1ccc(Nc2nc(-c3ccco3)cn3ccnc23)cc1. The lowest BCUT2D eigenvalue weighted by molar-refractivity contribution is 0.302. The second-order valence-corrected chi connectivity index (χ2v) is 30.8. The van der Waals surface area contributed by atoms with Crippen molar-refractivity contribution in [3.05, 3.63) is 357 Å². The van der Waals surface area contributed by atoms with Crippen LogP contribution in [0.5, 0.6) is 5.88 Å². The number of aromatic nitrogens is 19. The molecule has 14 heterocycles. The van der Waals surface area contributed by atoms with Crippen LogP contribution in [-0.4, -0.2) is 144 Å². The van der Waals surface area contributed by atoms with Crippen molar-refractivity contribution in [2.75, 3.05) is 89.1 Å². The average molecular weight is 1870 g/mol. The molecule has 0 aliphatic rings. The van der Waals surface area contributed by atoms with E-state index in [1.54, 1.807) is 97.8 Å². The van der Waals surface area contributed by atoms with Crippen LogP contribution < -0.4 is 52.2 Å². The maximum Gasteiger partial charge on any atom is 0.213 e. The second kappa shape index (κ2) is 42.3. The molecule has 0 aliphatic heterocycles. The van der Waals surface area contributed by atoms with E-state index in [0.717, 1.165) is 142 Å². The van der Waals surface area contributed by atoms with Crippen LogP contribution in [0.3, 0.4) is 0 Å². The van der Waals surface area contributed by atoms with Gasteiger partial charge in [0.05, 0.1) is 48.9 Å². The van der Waals surface area contributed by atoms with Crippen molar-refractivity contribution < 1.29 is 18.7 Å². The van der Waals surface area contributed by atoms with Gasteiger partial charge in [0.25, 0.3) is 0 Å². The minimum absolute atomic E-state index is 0.146. The van der Waals surface area contributed by atoms with Crippen molar-refractivity contribution in [1.82, 2.24) is 91.2 Å². The second-order valence-electron chi connectivity index (χ2n) is 29.2. The number of para-hydroxylation sites is 3. The first-order valence-electron chi connectivity index (χ1n) is 41.6. The van der Waals surface area contributed by atoms with Crippen molar-refractivity contribution in [3.8, 4) is 51.1 Å². The van der Waals surface area contributed by atoms with Crippen LogP contribution in [0.4, 0.5) is 79.1 Å². The Labute approximate surface area is 768 Å². The largest absolute Gasteiger partial charge is 0.481 e. The molecule has 0 radical (unpaired) electrons. The predicted octanol–water partition coefficient (Wildman–Crippen LogP) is 20.2. The van der Waals surface area contributed by atoms with Crippen molar-refractivity contribution in [1.29, 1.82) is 0 Å². The number of imidazole rings is 6. The topological polar surface area (TPSA) is 341 Å². The number of pyridine rings is 1. The van der Waals surface area contributed by atoms with Gasteiger partial charge in [-0.15, -0.1) is 0 Å². The third-order valence-electron chi connectivity index (χ3n) is 20.2. The average Bonchev–Trinajstić information content (AvgIpc) is 1.74. The molecule has 31 nitrogen and oxygen atoms in total. The highest BCUT2D eigenvalue weighted by atomic mass is 79.9. The molecular formula is C97H89Br2FN28O3. The third-order valence-corrected chi connectivity index (χ3v) is 20.9. The number of halogens is 3. The highest BCUT2D eigenvalue weighted by Crippen LogP contribution is 2.33. The molecule has 21 aromatic rings. The van der Waals surface area contributed by atoms with Gasteiger partial charge >= 0.3 is 0 Å². The van der Waals surface area contributed by atoms with Gasteiger partial charge < -0.3 is 88.1 Å². The number of nitrogens with one attached hydrogen (secondary N) is 6. The number of ether oxygens (including phenoxy) is 1. The molecule has 0 spiro atoms. The lowest BCUT2D eigenvalue weighted by atomic mass is 10.1. The van der Waals surface area contributed by atoms with Crippen molar-refractivity contribution in [2.24, 2.45) is 5.73 Å². The first kappa shape index (κ1) is 88.1. The summed E-state index contributed by atoms with van der Waals surface area (Å²) in [6, 6.07) is 68.2. The van der Waals surface area contributed by atoms with Gasteiger partial charge in [-0.3, -0.25) is 0 Å². The number of nitrogens with zero attached hydrogens (tertiary/aromatic N) is 21. The molecule has 14 aromatic heterocycles. The van der Waals surface area contributed by atoms with Crippen molar-refractivity contribution in [3.63, 3.8) is 0 Å². The maximum atomic E-state index is 14.1. The van der Waals surface area contributed by atoms with E-state index in [9.17, 15) is 4.39 Å². The molecule has 131 heavy (non-hydrogen) atoms. The van der Waals surface area contributed by atoms with Crippen molar-refractivity contribution in [2.45, 2.75) is 20.4 Å². The van der Waals surface area contributed by atoms with Gasteiger partial charge in [0.2, 0.25) is 5.88 Å². The Hall–Kier alpha value is -16.3. The minimum atomic E-state index is -0.327. The van der Waals surface area contributed by atoms with Crippen LogP contribution in [0.25, 0.3) is 79.1 Å². The lowest BCUT2D eigenvalue weighted by Crippen LogP contribution is -2.25. The molecule has 0 bridgehead atoms. The van der Waals surface area contributed by atoms with Crippen LogP contribution in [0.15, 0.2) is 350 Å². The summed E-state index contributed by atoms with van der Waals surface area (Å²) < 4.78 is 37.6. The summed E-state index contributed by atoms with van der Waals surface area (Å²) in [6.07, 6.45) is 36.4. The summed E-state index contributed by atoms with van der Waals surface area (Å²) in [5.74, 6) is 5.09. The lowest BCUT2D eigenvalue weighted by Gasteiger charge is -2.22. The quantitative estimate of drug-likeness (QED) is 0.0295. The normalized spacial score (nSPS) is 10.8. The van der Waals surface area contributed by atoms with E-state index in [-0.39, 0.29) is 12.4 Å². The van der Waals surface area contributed by atoms with Gasteiger partial charge in [-0.25, -0.2) is 69.2 Å². The summed E-state index contributed by atoms with van der Waals surface area (Å²) in [5, 5.41) is 28.8. The molecule has 0 saturated carbocycles. The van der Waals surface area contributed by atoms with E-state index < -0.39 is 0 Å². The molecule has 0 aliphatic carbocycles. The van der Waals surface area contributed by atoms with Gasteiger partial charge in [0, 0.05) is 209 Å². The number of hydrogen-bond donors (Lipinski definition) is 8. The van der Waals surface area contributed by atoms with E-state index in [2.05, 4.69) is 173 Å². The van der Waals surface area contributed by atoms with Gasteiger partial charge in [-0.2, -0.15) is 0 Å². The zero-order valence-corrected chi connectivity index (χ0v) is 74.8. The Morgan fingerprint density at radius 3 is 1.29 bits per heavy atom. The number of aliphatic hydroxyl groups is 1. The standard InChI is InChI=1S/C19H17N5.C18H14FN5O.C16H18BrN5O.C16H19N5.C16H12N4O.C12H9BrN4/c20-12-14-5-4-6-15(11-14)17-13-24-10-9-21-19(24)18(23-17)22-16-7-2-1-3-8-16;1-25-16-7-6-12(10-21-16)22-17-18-20-8-9-24(18)11-15(23-17)13-4-2-3-5-14(13)19;1-2-21(9-10-23)13-5-3-12(4-6-13)19-15-16-18-7-8-22(16)11-14(17)20-15;1-4-17-15-16-18-9-10-21(16)11-14(19-15)12-5-7-13(8-6-12)20(2)3;1-2-5-12(6-3-1)18-15-16-17-8-9-20(16)11-13(19-15)14-7-4-10-21-14;13-10-8-17-7-6-14-12(17)11(16-10)15-9-4-2-1-3-5-9/h1-11,13H,12,20H2,(H,22,23);2-11H,1H3,(H,22,23);3-8,11,23H,2,9-10H2,1H3,(H,19,20);5-11H,4H2,1-3H3,(H,17,19);1-11H,(H,18,19);1-8H,(H,15,16). The molecule has 0 unspecified atom stereocenters. The van der Waals surface area contributed by atoms with Crippen LogP contribution in [0, 0.1) is 5.82 Å². The summed E-state index contributed by atoms with van der Waals surface area (Å²) in [6.45, 7) is 7.09. The molecule has 34 heteroatoms. The molecule has 21 rings (SSSR count). The van der Waals surface area contributed by atoms with Gasteiger partial charge in [-0.05, 0) is 160 Å². The Morgan fingerprint density at radius 1 is 0.420 bits per heavy atom. The zero-order chi connectivity index (χ0) is 90.4. The number of hydrogen-bond acceptors (Lipinski definition) is 25. The predicted molar refractivity (Wildman–Crippen MR) is 522 cm³/mol. The number of anilines is 13. The Morgan fingerprint density at radius 2 is 0.840 bits per heavy atom. The monoisotopic (exact) mass is 1870 g/mol. The van der Waals surface area contributed by atoms with Crippen LogP contribution in [0.1, 0.15) is 19.4 Å². The first-order valence-corrected chi connectivity index (χ1v) is 43.2. The van der Waals surface area contributed by atoms with E-state index in [1.807, 2.05) is 250 Å². The summed E-state index contributed by atoms with van der Waals surface area (Å²) in [5.41, 5.74) is 23.9. The number of furan rings is 1. The molecule has 656 valence electrons. The molecule has 9 N–H and O–H groups in total. The van der Waals surface area contributed by atoms with Crippen LogP contribution >= 0.6 is 31.9 Å². The number of likely N-dealkylation sites (N-methyl/N-ethyl adjacent to an activating group) is 1. The molecule has 0 saturated heterocycles. The number of aliphatic hydroxyl groups excluding tert-OH is 1. The number of fused-ring (bicyclic) bond motifs is 6. The van der Waals surface area contributed by atoms with Gasteiger partial charge in [0.1, 0.15) is 20.7 Å². The third kappa shape index (κ3) is 22.0. The summed E-state index contributed by atoms with van der Waals surface area (Å²) >= 11 is 6.79. The highest BCUT2D eigenvalue weighted by Gasteiger charge is 2.18. The van der Waals surface area contributed by atoms with Crippen LogP contribution in [0.2, 0.25) is 0 Å². The fourth-order valence-corrected chi connectivity index (χ4v) is 14.6. The Kier molecular flexibility index (Phi) is 28.5. The molecule has 7 aromatic carbocycles. The van der Waals surface area contributed by atoms with E-state index in [1.165, 1.54) is 11.8 Å². The van der Waals surface area contributed by atoms with Gasteiger partial charge in [0.15, 0.2) is 74.6 Å². The summed E-state index contributed by atoms with van der Waals surface area (Å²) in [4.78, 5) is 61.8. The van der Waals surface area contributed by atoms with E-state index >= 15 is 0 Å². The molecular weight excluding hydrogens is 1780 g/mol. The smallest absolute Gasteiger partial charge is 0.213 e. The van der Waals surface area contributed by atoms with E-state index in [0.29, 0.717) is 53.3 Å². The fraction of sp³-hybridized carbons (Fsp3) is 0.103. The van der Waals surface area contributed by atoms with Gasteiger partial charge in [-0.1, -0.05) is 97.1 Å². The maximum absolute atomic E-state index is 14.1. The van der Waals surface area contributed by atoms with E-state index in [4.69, 9.17) is 30.0 Å². The number of methoxy groups -OCH3 is 1. The Balaban J connectivity index is 0.000000115. The highest BCUT2D eigenvalue weighted by molar-refractivity contribution is 9.10. The number of nitrogens with two attached hydrogens (primary N) is 1. The summed E-state index contributed by atoms with van der Waals surface area (Å²) in [7, 11) is 5.63.